The molecule has 0 aromatic carbocycles. The Balaban J connectivity index is 4.16. The van der Waals surface area contributed by atoms with Crippen LogP contribution < -0.4 is 10.6 Å². The molecule has 2 N–H and O–H groups in total. The predicted octanol–water partition coefficient (Wildman–Crippen LogP) is 4.99. The minimum Gasteiger partial charge on any atom is -0.379 e. The SMILES string of the molecule is CCCCCCC(=O)N[C@@H](CCCCNC(=O)C(C)(C)OCCC(C)(C)OC)C(C)C. The van der Waals surface area contributed by atoms with Crippen LogP contribution >= 0.6 is 0 Å². The molecule has 0 saturated carbocycles. The van der Waals surface area contributed by atoms with E-state index in [1.165, 1.54) is 12.8 Å². The quantitative estimate of drug-likeness (QED) is 0.293. The zero-order valence-corrected chi connectivity index (χ0v) is 21.6. The van der Waals surface area contributed by atoms with Crippen molar-refractivity contribution in [1.29, 1.82) is 0 Å². The summed E-state index contributed by atoms with van der Waals surface area (Å²) >= 11 is 0. The maximum Gasteiger partial charge on any atom is 0.251 e. The zero-order valence-electron chi connectivity index (χ0n) is 21.6. The number of unbranched alkanes of at least 4 members (excludes halogenated alkanes) is 4. The smallest absolute Gasteiger partial charge is 0.251 e. The summed E-state index contributed by atoms with van der Waals surface area (Å²) in [5.41, 5.74) is -1.12. The predicted molar refractivity (Wildman–Crippen MR) is 128 cm³/mol. The van der Waals surface area contributed by atoms with Crippen molar-refractivity contribution >= 4 is 11.8 Å². The minimum atomic E-state index is -0.865. The summed E-state index contributed by atoms with van der Waals surface area (Å²) in [5, 5.41) is 6.19. The van der Waals surface area contributed by atoms with Crippen molar-refractivity contribution in [2.24, 2.45) is 5.92 Å². The third-order valence-corrected chi connectivity index (χ3v) is 5.90. The molecule has 0 aromatic heterocycles. The lowest BCUT2D eigenvalue weighted by atomic mass is 9.98. The Hall–Kier alpha value is -1.14. The summed E-state index contributed by atoms with van der Waals surface area (Å²) in [6.45, 7) is 15.2. The van der Waals surface area contributed by atoms with Crippen LogP contribution in [-0.4, -0.2) is 49.3 Å². The second-order valence-corrected chi connectivity index (χ2v) is 10.1. The number of hydrogen-bond acceptors (Lipinski definition) is 4. The van der Waals surface area contributed by atoms with Crippen LogP contribution in [0.25, 0.3) is 0 Å². The minimum absolute atomic E-state index is 0.0940. The van der Waals surface area contributed by atoms with Crippen LogP contribution in [-0.2, 0) is 19.1 Å². The second-order valence-electron chi connectivity index (χ2n) is 10.1. The molecule has 0 unspecified atom stereocenters. The van der Waals surface area contributed by atoms with Crippen LogP contribution in [0.1, 0.15) is 106 Å². The lowest BCUT2D eigenvalue weighted by Crippen LogP contribution is -2.45. The molecule has 0 radical (unpaired) electrons. The first-order valence-electron chi connectivity index (χ1n) is 12.2. The molecule has 31 heavy (non-hydrogen) atoms. The normalized spacial score (nSPS) is 13.3. The molecular formula is C25H50N2O4. The fraction of sp³-hybridized carbons (Fsp3) is 0.920. The largest absolute Gasteiger partial charge is 0.379 e. The summed E-state index contributed by atoms with van der Waals surface area (Å²) in [6.07, 6.45) is 8.59. The Labute approximate surface area is 191 Å². The molecule has 0 heterocycles. The van der Waals surface area contributed by atoms with Crippen molar-refractivity contribution in [2.75, 3.05) is 20.3 Å². The van der Waals surface area contributed by atoms with Gasteiger partial charge in [-0.05, 0) is 65.7 Å². The number of hydrogen-bond donors (Lipinski definition) is 2. The van der Waals surface area contributed by atoms with E-state index in [1.807, 2.05) is 13.8 Å². The Morgan fingerprint density at radius 3 is 2.23 bits per heavy atom. The molecule has 6 nitrogen and oxygen atoms in total. The van der Waals surface area contributed by atoms with Gasteiger partial charge in [0.25, 0.3) is 5.91 Å². The van der Waals surface area contributed by atoms with Crippen molar-refractivity contribution in [3.05, 3.63) is 0 Å². The van der Waals surface area contributed by atoms with E-state index in [0.717, 1.165) is 38.5 Å². The highest BCUT2D eigenvalue weighted by Crippen LogP contribution is 2.17. The highest BCUT2D eigenvalue weighted by molar-refractivity contribution is 5.84. The highest BCUT2D eigenvalue weighted by Gasteiger charge is 2.29. The summed E-state index contributed by atoms with van der Waals surface area (Å²) < 4.78 is 11.2. The Morgan fingerprint density at radius 1 is 0.968 bits per heavy atom. The summed E-state index contributed by atoms with van der Waals surface area (Å²) in [7, 11) is 1.68. The van der Waals surface area contributed by atoms with E-state index in [2.05, 4.69) is 31.4 Å². The summed E-state index contributed by atoms with van der Waals surface area (Å²) in [6, 6.07) is 0.193. The van der Waals surface area contributed by atoms with Gasteiger partial charge in [-0.25, -0.2) is 0 Å². The number of rotatable bonds is 18. The molecule has 0 bridgehead atoms. The van der Waals surface area contributed by atoms with Crippen LogP contribution in [0.5, 0.6) is 0 Å². The summed E-state index contributed by atoms with van der Waals surface area (Å²) in [5.74, 6) is 0.472. The van der Waals surface area contributed by atoms with Gasteiger partial charge in [0.05, 0.1) is 12.2 Å². The standard InChI is InChI=1S/C25H50N2O4/c1-9-10-11-12-16-22(28)27-21(20(2)3)15-13-14-18-26-23(29)25(6,7)31-19-17-24(4,5)30-8/h20-21H,9-19H2,1-8H3,(H,26,29)(H,27,28)/t21-/m0/s1. The average Bonchev–Trinajstić information content (AvgIpc) is 2.69. The third-order valence-electron chi connectivity index (χ3n) is 5.90. The molecular weight excluding hydrogens is 392 g/mol. The third kappa shape index (κ3) is 14.5. The van der Waals surface area contributed by atoms with E-state index in [4.69, 9.17) is 9.47 Å². The van der Waals surface area contributed by atoms with Gasteiger partial charge < -0.3 is 20.1 Å². The molecule has 6 heteroatoms. The molecule has 0 rings (SSSR count). The maximum absolute atomic E-state index is 12.5. The van der Waals surface area contributed by atoms with Crippen LogP contribution in [0, 0.1) is 5.92 Å². The van der Waals surface area contributed by atoms with Crippen LogP contribution in [0.3, 0.4) is 0 Å². The molecule has 184 valence electrons. The van der Waals surface area contributed by atoms with E-state index in [1.54, 1.807) is 21.0 Å². The van der Waals surface area contributed by atoms with Crippen molar-refractivity contribution < 1.29 is 19.1 Å². The first-order chi connectivity index (χ1) is 14.4. The van der Waals surface area contributed by atoms with Gasteiger partial charge in [-0.1, -0.05) is 40.0 Å². The molecule has 0 aromatic rings. The monoisotopic (exact) mass is 442 g/mol. The molecule has 0 aliphatic rings. The van der Waals surface area contributed by atoms with Crippen LogP contribution in [0.4, 0.5) is 0 Å². The lowest BCUT2D eigenvalue weighted by Gasteiger charge is -2.28. The number of amides is 2. The lowest BCUT2D eigenvalue weighted by molar-refractivity contribution is -0.144. The fourth-order valence-corrected chi connectivity index (χ4v) is 3.19. The van der Waals surface area contributed by atoms with Gasteiger partial charge >= 0.3 is 0 Å². The summed E-state index contributed by atoms with van der Waals surface area (Å²) in [4.78, 5) is 24.7. The first kappa shape index (κ1) is 29.9. The van der Waals surface area contributed by atoms with Crippen molar-refractivity contribution in [2.45, 2.75) is 123 Å². The van der Waals surface area contributed by atoms with E-state index in [0.29, 0.717) is 25.5 Å². The van der Waals surface area contributed by atoms with E-state index in [9.17, 15) is 9.59 Å². The molecule has 0 aliphatic carbocycles. The average molecular weight is 443 g/mol. The number of carbonyl (C=O) groups excluding carboxylic acids is 2. The van der Waals surface area contributed by atoms with Crippen LogP contribution in [0.2, 0.25) is 0 Å². The van der Waals surface area contributed by atoms with E-state index < -0.39 is 5.60 Å². The van der Waals surface area contributed by atoms with Crippen molar-refractivity contribution in [3.63, 3.8) is 0 Å². The van der Waals surface area contributed by atoms with Gasteiger partial charge in [0, 0.05) is 26.1 Å². The Kier molecular flexibility index (Phi) is 15.1. The maximum atomic E-state index is 12.5. The van der Waals surface area contributed by atoms with Gasteiger partial charge in [0.15, 0.2) is 0 Å². The number of carbonyl (C=O) groups is 2. The van der Waals surface area contributed by atoms with Gasteiger partial charge in [0.2, 0.25) is 5.91 Å². The fourth-order valence-electron chi connectivity index (χ4n) is 3.19. The molecule has 0 saturated heterocycles. The number of nitrogens with one attached hydrogen (secondary N) is 2. The van der Waals surface area contributed by atoms with Gasteiger partial charge in [0.1, 0.15) is 5.60 Å². The molecule has 2 amide bonds. The van der Waals surface area contributed by atoms with Gasteiger partial charge in [-0.3, -0.25) is 9.59 Å². The van der Waals surface area contributed by atoms with Gasteiger partial charge in [-0.15, -0.1) is 0 Å². The van der Waals surface area contributed by atoms with Crippen molar-refractivity contribution in [3.8, 4) is 0 Å². The Bertz CT molecular complexity index is 504. The zero-order chi connectivity index (χ0) is 23.9. The van der Waals surface area contributed by atoms with E-state index >= 15 is 0 Å². The molecule has 0 fully saturated rings. The highest BCUT2D eigenvalue weighted by atomic mass is 16.5. The Morgan fingerprint density at radius 2 is 1.65 bits per heavy atom. The number of methoxy groups -OCH3 is 1. The van der Waals surface area contributed by atoms with Gasteiger partial charge in [-0.2, -0.15) is 0 Å². The second kappa shape index (κ2) is 15.6. The van der Waals surface area contributed by atoms with Crippen molar-refractivity contribution in [1.82, 2.24) is 10.6 Å². The van der Waals surface area contributed by atoms with E-state index in [-0.39, 0.29) is 23.5 Å². The van der Waals surface area contributed by atoms with Crippen LogP contribution in [0.15, 0.2) is 0 Å². The number of ether oxygens (including phenoxy) is 2. The first-order valence-corrected chi connectivity index (χ1v) is 12.2. The molecule has 1 atom stereocenters. The topological polar surface area (TPSA) is 76.7 Å². The molecule has 0 spiro atoms. The molecule has 0 aliphatic heterocycles.